The minimum absolute atomic E-state index is 0. The number of nitrogens with zero attached hydrogens (tertiary/aromatic N) is 1. The molecule has 3 atom stereocenters. The van der Waals surface area contributed by atoms with Crippen LogP contribution in [0.3, 0.4) is 0 Å². The van der Waals surface area contributed by atoms with Gasteiger partial charge in [0, 0.05) is 32.7 Å². The molecule has 2 rings (SSSR count). The van der Waals surface area contributed by atoms with Crippen molar-refractivity contribution in [3.8, 4) is 0 Å². The molecule has 0 aromatic carbocycles. The summed E-state index contributed by atoms with van der Waals surface area (Å²) in [5.41, 5.74) is 6.02. The number of ether oxygens (including phenoxy) is 1. The second kappa shape index (κ2) is 8.08. The molecule has 112 valence electrons. The summed E-state index contributed by atoms with van der Waals surface area (Å²) in [6.07, 6.45) is 6.32. The Morgan fingerprint density at radius 3 is 2.68 bits per heavy atom. The van der Waals surface area contributed by atoms with Gasteiger partial charge in [-0.25, -0.2) is 0 Å². The highest BCUT2D eigenvalue weighted by atomic mass is 35.5. The fourth-order valence-corrected chi connectivity index (χ4v) is 3.14. The van der Waals surface area contributed by atoms with Gasteiger partial charge in [0.1, 0.15) is 0 Å². The van der Waals surface area contributed by atoms with Crippen molar-refractivity contribution >= 4 is 18.3 Å². The van der Waals surface area contributed by atoms with Gasteiger partial charge in [-0.05, 0) is 37.5 Å². The lowest BCUT2D eigenvalue weighted by Gasteiger charge is -2.28. The van der Waals surface area contributed by atoms with Crippen molar-refractivity contribution in [3.63, 3.8) is 0 Å². The van der Waals surface area contributed by atoms with Crippen LogP contribution in [0.15, 0.2) is 0 Å². The first-order chi connectivity index (χ1) is 8.66. The van der Waals surface area contributed by atoms with Crippen molar-refractivity contribution in [2.45, 2.75) is 44.6 Å². The first kappa shape index (κ1) is 16.7. The lowest BCUT2D eigenvalue weighted by atomic mass is 9.98. The minimum atomic E-state index is 0. The summed E-state index contributed by atoms with van der Waals surface area (Å²) >= 11 is 0. The largest absolute Gasteiger partial charge is 0.381 e. The Morgan fingerprint density at radius 2 is 2.11 bits per heavy atom. The maximum atomic E-state index is 12.1. The van der Waals surface area contributed by atoms with Crippen LogP contribution in [0.4, 0.5) is 0 Å². The Morgan fingerprint density at radius 1 is 1.32 bits per heavy atom. The zero-order chi connectivity index (χ0) is 13.0. The van der Waals surface area contributed by atoms with Crippen LogP contribution in [0.1, 0.15) is 38.5 Å². The predicted molar refractivity (Wildman–Crippen MR) is 78.4 cm³/mol. The molecule has 5 heteroatoms. The number of hydrogen-bond donors (Lipinski definition) is 1. The second-order valence-electron chi connectivity index (χ2n) is 5.92. The summed E-state index contributed by atoms with van der Waals surface area (Å²) in [4.78, 5) is 14.0. The molecule has 0 aromatic rings. The van der Waals surface area contributed by atoms with Gasteiger partial charge in [0.05, 0.1) is 6.61 Å². The molecule has 0 radical (unpaired) electrons. The zero-order valence-electron chi connectivity index (χ0n) is 11.8. The molecule has 1 amide bonds. The molecule has 0 spiro atoms. The van der Waals surface area contributed by atoms with Gasteiger partial charge in [-0.3, -0.25) is 4.79 Å². The van der Waals surface area contributed by atoms with E-state index in [0.29, 0.717) is 18.3 Å². The molecule has 1 heterocycles. The summed E-state index contributed by atoms with van der Waals surface area (Å²) in [7, 11) is 1.91. The van der Waals surface area contributed by atoms with Crippen LogP contribution in [0.2, 0.25) is 0 Å². The smallest absolute Gasteiger partial charge is 0.222 e. The first-order valence-corrected chi connectivity index (χ1v) is 7.24. The van der Waals surface area contributed by atoms with Gasteiger partial charge in [-0.2, -0.15) is 0 Å². The Balaban J connectivity index is 0.00000180. The second-order valence-corrected chi connectivity index (χ2v) is 5.92. The third-order valence-electron chi connectivity index (χ3n) is 4.37. The van der Waals surface area contributed by atoms with Crippen LogP contribution in [0, 0.1) is 11.8 Å². The number of rotatable bonds is 4. The molecule has 2 aliphatic rings. The summed E-state index contributed by atoms with van der Waals surface area (Å²) in [6, 6.07) is 0.236. The average Bonchev–Trinajstić information content (AvgIpc) is 2.76. The Bertz CT molecular complexity index is 283. The van der Waals surface area contributed by atoms with E-state index < -0.39 is 0 Å². The van der Waals surface area contributed by atoms with Crippen LogP contribution in [-0.2, 0) is 9.53 Å². The summed E-state index contributed by atoms with van der Waals surface area (Å²) in [5.74, 6) is 1.18. The lowest BCUT2D eigenvalue weighted by Crippen LogP contribution is -2.37. The van der Waals surface area contributed by atoms with Crippen molar-refractivity contribution in [2.75, 3.05) is 26.8 Å². The fourth-order valence-electron chi connectivity index (χ4n) is 3.14. The third-order valence-corrected chi connectivity index (χ3v) is 4.37. The maximum Gasteiger partial charge on any atom is 0.222 e. The molecular weight excluding hydrogens is 264 g/mol. The van der Waals surface area contributed by atoms with E-state index in [2.05, 4.69) is 0 Å². The molecule has 19 heavy (non-hydrogen) atoms. The van der Waals surface area contributed by atoms with E-state index in [-0.39, 0.29) is 24.4 Å². The van der Waals surface area contributed by atoms with Gasteiger partial charge >= 0.3 is 0 Å². The Hall–Kier alpha value is -0.320. The molecule has 2 fully saturated rings. The molecule has 1 aliphatic heterocycles. The van der Waals surface area contributed by atoms with Gasteiger partial charge in [0.15, 0.2) is 0 Å². The van der Waals surface area contributed by atoms with E-state index in [0.717, 1.165) is 39.0 Å². The van der Waals surface area contributed by atoms with Gasteiger partial charge in [0.2, 0.25) is 5.91 Å². The molecule has 4 nitrogen and oxygen atoms in total. The highest BCUT2D eigenvalue weighted by molar-refractivity contribution is 5.85. The number of nitrogens with two attached hydrogens (primary N) is 1. The SMILES string of the molecule is CN(CC1CCCOC1)C(=O)C[C@@H]1CCC[C@H]1N.Cl. The third kappa shape index (κ3) is 4.93. The quantitative estimate of drug-likeness (QED) is 0.859. The van der Waals surface area contributed by atoms with Crippen molar-refractivity contribution in [1.29, 1.82) is 0 Å². The lowest BCUT2D eigenvalue weighted by molar-refractivity contribution is -0.132. The molecule has 0 aromatic heterocycles. The van der Waals surface area contributed by atoms with Crippen molar-refractivity contribution in [1.82, 2.24) is 4.90 Å². The molecule has 1 saturated heterocycles. The number of carbonyl (C=O) groups excluding carboxylic acids is 1. The van der Waals surface area contributed by atoms with Crippen LogP contribution in [-0.4, -0.2) is 43.7 Å². The highest BCUT2D eigenvalue weighted by Crippen LogP contribution is 2.27. The monoisotopic (exact) mass is 290 g/mol. The predicted octanol–water partition coefficient (Wildman–Crippen LogP) is 1.81. The standard InChI is InChI=1S/C14H26N2O2.ClH/c1-16(9-11-4-3-7-18-10-11)14(17)8-12-5-2-6-13(12)15;/h11-13H,2-10,15H2,1H3;1H/t11?,12-,13+;/m0./s1. The molecule has 0 bridgehead atoms. The van der Waals surface area contributed by atoms with Crippen LogP contribution >= 0.6 is 12.4 Å². The van der Waals surface area contributed by atoms with E-state index in [4.69, 9.17) is 10.5 Å². The van der Waals surface area contributed by atoms with E-state index >= 15 is 0 Å². The highest BCUT2D eigenvalue weighted by Gasteiger charge is 2.28. The number of hydrogen-bond acceptors (Lipinski definition) is 3. The summed E-state index contributed by atoms with van der Waals surface area (Å²) in [6.45, 7) is 2.52. The topological polar surface area (TPSA) is 55.6 Å². The van der Waals surface area contributed by atoms with E-state index in [1.165, 1.54) is 12.8 Å². The van der Waals surface area contributed by atoms with Crippen molar-refractivity contribution in [2.24, 2.45) is 17.6 Å². The van der Waals surface area contributed by atoms with Crippen molar-refractivity contribution in [3.05, 3.63) is 0 Å². The van der Waals surface area contributed by atoms with Gasteiger partial charge in [0.25, 0.3) is 0 Å². The number of amides is 1. The fraction of sp³-hybridized carbons (Fsp3) is 0.929. The maximum absolute atomic E-state index is 12.1. The molecule has 1 saturated carbocycles. The Kier molecular flexibility index (Phi) is 7.11. The van der Waals surface area contributed by atoms with Crippen LogP contribution in [0.5, 0.6) is 0 Å². The van der Waals surface area contributed by atoms with Gasteiger partial charge in [-0.1, -0.05) is 6.42 Å². The van der Waals surface area contributed by atoms with Crippen molar-refractivity contribution < 1.29 is 9.53 Å². The van der Waals surface area contributed by atoms with Crippen LogP contribution in [0.25, 0.3) is 0 Å². The van der Waals surface area contributed by atoms with E-state index in [1.54, 1.807) is 0 Å². The Labute approximate surface area is 122 Å². The average molecular weight is 291 g/mol. The summed E-state index contributed by atoms with van der Waals surface area (Å²) in [5, 5.41) is 0. The first-order valence-electron chi connectivity index (χ1n) is 7.24. The van der Waals surface area contributed by atoms with Crippen LogP contribution < -0.4 is 5.73 Å². The number of halogens is 1. The minimum Gasteiger partial charge on any atom is -0.381 e. The van der Waals surface area contributed by atoms with Gasteiger partial charge in [-0.15, -0.1) is 12.4 Å². The van der Waals surface area contributed by atoms with E-state index in [1.807, 2.05) is 11.9 Å². The van der Waals surface area contributed by atoms with E-state index in [9.17, 15) is 4.79 Å². The molecular formula is C14H27ClN2O2. The van der Waals surface area contributed by atoms with Gasteiger partial charge < -0.3 is 15.4 Å². The summed E-state index contributed by atoms with van der Waals surface area (Å²) < 4.78 is 5.46. The number of carbonyl (C=O) groups is 1. The zero-order valence-corrected chi connectivity index (χ0v) is 12.7. The molecule has 1 aliphatic carbocycles. The molecule has 1 unspecified atom stereocenters. The molecule has 2 N–H and O–H groups in total. The normalized spacial score (nSPS) is 30.7.